The molecule has 5 nitrogen and oxygen atoms in total. The first-order chi connectivity index (χ1) is 9.00. The number of likely N-dealkylation sites (N-methyl/N-ethyl adjacent to an activating group) is 1. The summed E-state index contributed by atoms with van der Waals surface area (Å²) in [7, 11) is 1.81. The molecule has 1 aromatic rings. The maximum absolute atomic E-state index is 11.0. The third-order valence-corrected chi connectivity index (χ3v) is 3.63. The number of fused-ring (bicyclic) bond motifs is 1. The van der Waals surface area contributed by atoms with Crippen LogP contribution in [0.4, 0.5) is 0 Å². The molecule has 2 rings (SSSR count). The minimum atomic E-state index is -0.827. The van der Waals surface area contributed by atoms with Gasteiger partial charge in [-0.05, 0) is 38.6 Å². The van der Waals surface area contributed by atoms with Crippen LogP contribution in [0.2, 0.25) is 0 Å². The zero-order chi connectivity index (χ0) is 14.0. The van der Waals surface area contributed by atoms with Crippen LogP contribution < -0.4 is 9.47 Å². The van der Waals surface area contributed by atoms with Gasteiger partial charge in [-0.25, -0.2) is 0 Å². The summed E-state index contributed by atoms with van der Waals surface area (Å²) in [5.74, 6) is 0.648. The Kier molecular flexibility index (Phi) is 3.95. The van der Waals surface area contributed by atoms with Gasteiger partial charge in [0.2, 0.25) is 0 Å². The number of nitrogens with zero attached hydrogens (tertiary/aromatic N) is 1. The van der Waals surface area contributed by atoms with Crippen molar-refractivity contribution < 1.29 is 19.4 Å². The number of aliphatic carboxylic acids is 1. The van der Waals surface area contributed by atoms with E-state index in [9.17, 15) is 4.79 Å². The Morgan fingerprint density at radius 3 is 2.53 bits per heavy atom. The van der Waals surface area contributed by atoms with E-state index in [0.717, 1.165) is 17.1 Å². The van der Waals surface area contributed by atoms with Gasteiger partial charge in [-0.1, -0.05) is 6.07 Å². The van der Waals surface area contributed by atoms with Gasteiger partial charge >= 0.3 is 5.97 Å². The zero-order valence-electron chi connectivity index (χ0n) is 11.4. The van der Waals surface area contributed by atoms with Crippen LogP contribution in [0.5, 0.6) is 11.5 Å². The molecule has 2 unspecified atom stereocenters. The third-order valence-electron chi connectivity index (χ3n) is 3.63. The predicted molar refractivity (Wildman–Crippen MR) is 70.7 cm³/mol. The normalized spacial score (nSPS) is 17.1. The van der Waals surface area contributed by atoms with E-state index in [2.05, 4.69) is 0 Å². The van der Waals surface area contributed by atoms with Gasteiger partial charge in [0.1, 0.15) is 19.3 Å². The lowest BCUT2D eigenvalue weighted by atomic mass is 10.0. The maximum Gasteiger partial charge on any atom is 0.320 e. The quantitative estimate of drug-likeness (QED) is 0.901. The van der Waals surface area contributed by atoms with E-state index in [4.69, 9.17) is 14.6 Å². The van der Waals surface area contributed by atoms with Gasteiger partial charge < -0.3 is 14.6 Å². The Balaban J connectivity index is 2.19. The van der Waals surface area contributed by atoms with Gasteiger partial charge in [0.05, 0.1) is 0 Å². The second-order valence-electron chi connectivity index (χ2n) is 4.76. The Labute approximate surface area is 112 Å². The largest absolute Gasteiger partial charge is 0.486 e. The highest BCUT2D eigenvalue weighted by Crippen LogP contribution is 2.34. The smallest absolute Gasteiger partial charge is 0.320 e. The van der Waals surface area contributed by atoms with Gasteiger partial charge in [0, 0.05) is 6.04 Å². The SMILES string of the molecule is CC(C(=O)O)N(C)C(C)c1ccc2c(c1)OCCO2. The van der Waals surface area contributed by atoms with Crippen molar-refractivity contribution in [2.45, 2.75) is 25.9 Å². The Morgan fingerprint density at radius 1 is 1.26 bits per heavy atom. The molecule has 0 aromatic heterocycles. The molecule has 104 valence electrons. The highest BCUT2D eigenvalue weighted by molar-refractivity contribution is 5.72. The van der Waals surface area contributed by atoms with Crippen LogP contribution in [0.25, 0.3) is 0 Å². The van der Waals surface area contributed by atoms with Crippen LogP contribution in [0.15, 0.2) is 18.2 Å². The Morgan fingerprint density at radius 2 is 1.89 bits per heavy atom. The number of carboxylic acids is 1. The molecule has 1 aromatic carbocycles. The van der Waals surface area contributed by atoms with Crippen molar-refractivity contribution in [3.05, 3.63) is 23.8 Å². The molecular formula is C14H19NO4. The van der Waals surface area contributed by atoms with Crippen LogP contribution in [0.3, 0.4) is 0 Å². The molecule has 1 aliphatic heterocycles. The predicted octanol–water partition coefficient (Wildman–Crippen LogP) is 1.92. The van der Waals surface area contributed by atoms with E-state index in [0.29, 0.717) is 13.2 Å². The highest BCUT2D eigenvalue weighted by atomic mass is 16.6. The molecule has 0 saturated heterocycles. The van der Waals surface area contributed by atoms with Crippen molar-refractivity contribution in [3.63, 3.8) is 0 Å². The minimum Gasteiger partial charge on any atom is -0.486 e. The van der Waals surface area contributed by atoms with Crippen LogP contribution in [0, 0.1) is 0 Å². The topological polar surface area (TPSA) is 59.0 Å². The number of carbonyl (C=O) groups is 1. The number of ether oxygens (including phenoxy) is 2. The Bertz CT molecular complexity index is 475. The van der Waals surface area contributed by atoms with Crippen molar-refractivity contribution in [1.82, 2.24) is 4.90 Å². The molecule has 5 heteroatoms. The summed E-state index contributed by atoms with van der Waals surface area (Å²) >= 11 is 0. The first-order valence-corrected chi connectivity index (χ1v) is 6.35. The Hall–Kier alpha value is -1.75. The molecule has 0 aliphatic carbocycles. The van der Waals surface area contributed by atoms with E-state index >= 15 is 0 Å². The van der Waals surface area contributed by atoms with Crippen molar-refractivity contribution in [3.8, 4) is 11.5 Å². The standard InChI is InChI=1S/C14H19NO4/c1-9(15(3)10(2)14(16)17)11-4-5-12-13(8-11)19-7-6-18-12/h4-5,8-10H,6-7H2,1-3H3,(H,16,17). The molecule has 0 amide bonds. The number of benzene rings is 1. The first kappa shape index (κ1) is 13.7. The molecule has 0 spiro atoms. The molecule has 0 fully saturated rings. The number of hydrogen-bond acceptors (Lipinski definition) is 4. The fourth-order valence-corrected chi connectivity index (χ4v) is 2.06. The molecule has 0 saturated carbocycles. The zero-order valence-corrected chi connectivity index (χ0v) is 11.4. The monoisotopic (exact) mass is 265 g/mol. The molecule has 1 N–H and O–H groups in total. The lowest BCUT2D eigenvalue weighted by Crippen LogP contribution is -2.37. The molecule has 19 heavy (non-hydrogen) atoms. The number of hydrogen-bond donors (Lipinski definition) is 1. The summed E-state index contributed by atoms with van der Waals surface area (Å²) in [6.45, 7) is 4.77. The lowest BCUT2D eigenvalue weighted by Gasteiger charge is -2.29. The van der Waals surface area contributed by atoms with Gasteiger partial charge in [-0.3, -0.25) is 9.69 Å². The molecule has 0 bridgehead atoms. The number of carboxylic acid groups (broad SMARTS) is 1. The second-order valence-corrected chi connectivity index (χ2v) is 4.76. The molecule has 2 atom stereocenters. The summed E-state index contributed by atoms with van der Waals surface area (Å²) in [5, 5.41) is 9.05. The summed E-state index contributed by atoms with van der Waals surface area (Å²) in [6, 6.07) is 5.19. The van der Waals surface area contributed by atoms with Crippen molar-refractivity contribution in [2.24, 2.45) is 0 Å². The van der Waals surface area contributed by atoms with Crippen LogP contribution in [-0.4, -0.2) is 42.3 Å². The van der Waals surface area contributed by atoms with Crippen molar-refractivity contribution >= 4 is 5.97 Å². The van der Waals surface area contributed by atoms with Crippen LogP contribution in [-0.2, 0) is 4.79 Å². The summed E-state index contributed by atoms with van der Waals surface area (Å²) in [5.41, 5.74) is 1.01. The molecule has 1 heterocycles. The summed E-state index contributed by atoms with van der Waals surface area (Å²) in [4.78, 5) is 12.8. The fourth-order valence-electron chi connectivity index (χ4n) is 2.06. The van der Waals surface area contributed by atoms with Crippen LogP contribution >= 0.6 is 0 Å². The number of rotatable bonds is 4. The minimum absolute atomic E-state index is 0.0121. The highest BCUT2D eigenvalue weighted by Gasteiger charge is 2.23. The van der Waals surface area contributed by atoms with E-state index < -0.39 is 12.0 Å². The summed E-state index contributed by atoms with van der Waals surface area (Å²) in [6.07, 6.45) is 0. The third kappa shape index (κ3) is 2.81. The average Bonchev–Trinajstić information content (AvgIpc) is 2.44. The molecular weight excluding hydrogens is 246 g/mol. The van der Waals surface area contributed by atoms with E-state index in [1.165, 1.54) is 0 Å². The van der Waals surface area contributed by atoms with Crippen molar-refractivity contribution in [2.75, 3.05) is 20.3 Å². The van der Waals surface area contributed by atoms with Crippen molar-refractivity contribution in [1.29, 1.82) is 0 Å². The van der Waals surface area contributed by atoms with E-state index in [-0.39, 0.29) is 6.04 Å². The second kappa shape index (κ2) is 5.48. The van der Waals surface area contributed by atoms with Crippen LogP contribution in [0.1, 0.15) is 25.5 Å². The maximum atomic E-state index is 11.0. The van der Waals surface area contributed by atoms with Gasteiger partial charge in [0.25, 0.3) is 0 Å². The average molecular weight is 265 g/mol. The van der Waals surface area contributed by atoms with Gasteiger partial charge in [0.15, 0.2) is 11.5 Å². The fraction of sp³-hybridized carbons (Fsp3) is 0.500. The van der Waals surface area contributed by atoms with E-state index in [1.54, 1.807) is 14.0 Å². The molecule has 0 radical (unpaired) electrons. The van der Waals surface area contributed by atoms with Gasteiger partial charge in [-0.15, -0.1) is 0 Å². The molecule has 1 aliphatic rings. The first-order valence-electron chi connectivity index (χ1n) is 6.35. The lowest BCUT2D eigenvalue weighted by molar-refractivity contribution is -0.142. The summed E-state index contributed by atoms with van der Waals surface area (Å²) < 4.78 is 11.0. The van der Waals surface area contributed by atoms with E-state index in [1.807, 2.05) is 30.0 Å². The van der Waals surface area contributed by atoms with Gasteiger partial charge in [-0.2, -0.15) is 0 Å².